The molecule has 3 aromatic carbocycles. The second-order valence-electron chi connectivity index (χ2n) is 5.77. The van der Waals surface area contributed by atoms with Gasteiger partial charge in [0.1, 0.15) is 35.5 Å². The Bertz CT molecular complexity index is 894. The number of anilines is 1. The molecule has 0 atom stereocenters. The Balaban J connectivity index is 1.61. The molecule has 0 amide bonds. The molecule has 0 heterocycles. The van der Waals surface area contributed by atoms with Crippen molar-refractivity contribution in [3.8, 4) is 23.0 Å². The van der Waals surface area contributed by atoms with E-state index in [0.717, 1.165) is 6.07 Å². The fraction of sp³-hybridized carbons (Fsp3) is 0.143. The molecule has 0 spiro atoms. The molecular formula is C21H19F2NO3. The molecule has 0 saturated carbocycles. The number of benzene rings is 3. The lowest BCUT2D eigenvalue weighted by Gasteiger charge is -2.11. The van der Waals surface area contributed by atoms with Crippen LogP contribution in [0.25, 0.3) is 0 Å². The van der Waals surface area contributed by atoms with Crippen molar-refractivity contribution in [2.75, 3.05) is 12.3 Å². The van der Waals surface area contributed by atoms with E-state index in [1.807, 2.05) is 6.92 Å². The van der Waals surface area contributed by atoms with Gasteiger partial charge in [-0.1, -0.05) is 0 Å². The fourth-order valence-corrected chi connectivity index (χ4v) is 2.47. The summed E-state index contributed by atoms with van der Waals surface area (Å²) in [5.41, 5.74) is 6.85. The van der Waals surface area contributed by atoms with Crippen LogP contribution in [0.4, 0.5) is 14.5 Å². The minimum Gasteiger partial charge on any atom is -0.494 e. The largest absolute Gasteiger partial charge is 0.494 e. The molecule has 27 heavy (non-hydrogen) atoms. The number of halogens is 2. The maximum atomic E-state index is 13.2. The average Bonchev–Trinajstić information content (AvgIpc) is 2.63. The van der Waals surface area contributed by atoms with Gasteiger partial charge in [0.2, 0.25) is 0 Å². The van der Waals surface area contributed by atoms with Crippen LogP contribution in [0.2, 0.25) is 0 Å². The van der Waals surface area contributed by atoms with Crippen LogP contribution >= 0.6 is 0 Å². The number of nitrogens with two attached hydrogens (primary N) is 1. The summed E-state index contributed by atoms with van der Waals surface area (Å²) < 4.78 is 43.1. The van der Waals surface area contributed by atoms with Crippen molar-refractivity contribution in [2.24, 2.45) is 0 Å². The predicted molar refractivity (Wildman–Crippen MR) is 99.2 cm³/mol. The summed E-state index contributed by atoms with van der Waals surface area (Å²) >= 11 is 0. The topological polar surface area (TPSA) is 53.7 Å². The second-order valence-corrected chi connectivity index (χ2v) is 5.77. The summed E-state index contributed by atoms with van der Waals surface area (Å²) in [4.78, 5) is 0. The Morgan fingerprint density at radius 3 is 2.04 bits per heavy atom. The van der Waals surface area contributed by atoms with Crippen LogP contribution in [0, 0.1) is 11.6 Å². The van der Waals surface area contributed by atoms with E-state index >= 15 is 0 Å². The molecule has 0 aliphatic carbocycles. The molecule has 0 aliphatic heterocycles. The van der Waals surface area contributed by atoms with Gasteiger partial charge in [0, 0.05) is 12.1 Å². The van der Waals surface area contributed by atoms with Crippen molar-refractivity contribution in [3.05, 3.63) is 77.9 Å². The molecule has 0 saturated heterocycles. The Labute approximate surface area is 156 Å². The van der Waals surface area contributed by atoms with Gasteiger partial charge in [0.05, 0.1) is 12.3 Å². The number of hydrogen-bond acceptors (Lipinski definition) is 4. The maximum absolute atomic E-state index is 13.2. The molecule has 0 radical (unpaired) electrons. The third-order valence-electron chi connectivity index (χ3n) is 3.67. The highest BCUT2D eigenvalue weighted by molar-refractivity contribution is 5.57. The fourth-order valence-electron chi connectivity index (χ4n) is 2.47. The normalized spacial score (nSPS) is 10.5. The lowest BCUT2D eigenvalue weighted by Crippen LogP contribution is -1.97. The third kappa shape index (κ3) is 5.10. The van der Waals surface area contributed by atoms with Crippen LogP contribution in [0.1, 0.15) is 12.5 Å². The molecule has 0 unspecified atom stereocenters. The average molecular weight is 371 g/mol. The zero-order valence-electron chi connectivity index (χ0n) is 14.7. The number of rotatable bonds is 7. The van der Waals surface area contributed by atoms with Gasteiger partial charge in [0.25, 0.3) is 0 Å². The molecule has 0 fully saturated rings. The Hall–Kier alpha value is -3.28. The third-order valence-corrected chi connectivity index (χ3v) is 3.67. The second kappa shape index (κ2) is 8.40. The number of hydrogen-bond donors (Lipinski definition) is 1. The van der Waals surface area contributed by atoms with Crippen molar-refractivity contribution in [1.82, 2.24) is 0 Å². The Morgan fingerprint density at radius 2 is 1.41 bits per heavy atom. The van der Waals surface area contributed by atoms with Crippen LogP contribution in [-0.2, 0) is 6.61 Å². The van der Waals surface area contributed by atoms with E-state index in [2.05, 4.69) is 0 Å². The van der Waals surface area contributed by atoms with Crippen LogP contribution < -0.4 is 19.9 Å². The summed E-state index contributed by atoms with van der Waals surface area (Å²) in [6.45, 7) is 2.51. The van der Waals surface area contributed by atoms with Crippen molar-refractivity contribution < 1.29 is 23.0 Å². The van der Waals surface area contributed by atoms with Gasteiger partial charge in [-0.2, -0.15) is 0 Å². The standard InChI is InChI=1S/C21H19F2NO3/c1-2-25-19-7-8-21(20(24)12-19)27-18-5-3-17(4-6-18)26-13-14-9-15(22)11-16(23)10-14/h3-12H,2,13,24H2,1H3. The minimum absolute atomic E-state index is 0.0563. The molecule has 3 rings (SSSR count). The van der Waals surface area contributed by atoms with E-state index in [9.17, 15) is 8.78 Å². The van der Waals surface area contributed by atoms with Gasteiger partial charge in [-0.3, -0.25) is 0 Å². The lowest BCUT2D eigenvalue weighted by atomic mass is 10.2. The van der Waals surface area contributed by atoms with E-state index in [1.54, 1.807) is 42.5 Å². The summed E-state index contributed by atoms with van der Waals surface area (Å²) in [5.74, 6) is 1.06. The first-order chi connectivity index (χ1) is 13.0. The Morgan fingerprint density at radius 1 is 0.778 bits per heavy atom. The predicted octanol–water partition coefficient (Wildman–Crippen LogP) is 5.32. The number of ether oxygens (including phenoxy) is 3. The molecular weight excluding hydrogens is 352 g/mol. The minimum atomic E-state index is -0.634. The van der Waals surface area contributed by atoms with Gasteiger partial charge < -0.3 is 19.9 Å². The molecule has 3 aromatic rings. The molecule has 2 N–H and O–H groups in total. The molecule has 140 valence electrons. The summed E-state index contributed by atoms with van der Waals surface area (Å²) in [6.07, 6.45) is 0. The maximum Gasteiger partial charge on any atom is 0.150 e. The molecule has 4 nitrogen and oxygen atoms in total. The van der Waals surface area contributed by atoms with Crippen LogP contribution in [0.5, 0.6) is 23.0 Å². The van der Waals surface area contributed by atoms with E-state index in [-0.39, 0.29) is 6.61 Å². The first-order valence-corrected chi connectivity index (χ1v) is 8.41. The van der Waals surface area contributed by atoms with E-state index in [4.69, 9.17) is 19.9 Å². The van der Waals surface area contributed by atoms with Gasteiger partial charge in [-0.25, -0.2) is 8.78 Å². The van der Waals surface area contributed by atoms with Gasteiger partial charge in [-0.05, 0) is 61.0 Å². The molecule has 6 heteroatoms. The first-order valence-electron chi connectivity index (χ1n) is 8.41. The van der Waals surface area contributed by atoms with Gasteiger partial charge >= 0.3 is 0 Å². The monoisotopic (exact) mass is 371 g/mol. The molecule has 0 aromatic heterocycles. The SMILES string of the molecule is CCOc1ccc(Oc2ccc(OCc3cc(F)cc(F)c3)cc2)c(N)c1. The smallest absolute Gasteiger partial charge is 0.150 e. The highest BCUT2D eigenvalue weighted by Gasteiger charge is 2.06. The van der Waals surface area contributed by atoms with Crippen LogP contribution in [0.15, 0.2) is 60.7 Å². The first kappa shape index (κ1) is 18.5. The van der Waals surface area contributed by atoms with Crippen molar-refractivity contribution in [1.29, 1.82) is 0 Å². The van der Waals surface area contributed by atoms with Gasteiger partial charge in [0.15, 0.2) is 5.75 Å². The quantitative estimate of drug-likeness (QED) is 0.571. The number of nitrogen functional groups attached to an aromatic ring is 1. The van der Waals surface area contributed by atoms with E-state index in [1.165, 1.54) is 12.1 Å². The summed E-state index contributed by atoms with van der Waals surface area (Å²) in [5, 5.41) is 0. The lowest BCUT2D eigenvalue weighted by molar-refractivity contribution is 0.304. The van der Waals surface area contributed by atoms with Gasteiger partial charge in [-0.15, -0.1) is 0 Å². The summed E-state index contributed by atoms with van der Waals surface area (Å²) in [7, 11) is 0. The van der Waals surface area contributed by atoms with E-state index < -0.39 is 11.6 Å². The highest BCUT2D eigenvalue weighted by atomic mass is 19.1. The van der Waals surface area contributed by atoms with Crippen molar-refractivity contribution in [3.63, 3.8) is 0 Å². The zero-order valence-corrected chi connectivity index (χ0v) is 14.7. The summed E-state index contributed by atoms with van der Waals surface area (Å²) in [6, 6.07) is 15.4. The Kier molecular flexibility index (Phi) is 5.76. The molecule has 0 bridgehead atoms. The highest BCUT2D eigenvalue weighted by Crippen LogP contribution is 2.31. The van der Waals surface area contributed by atoms with E-state index in [0.29, 0.717) is 40.9 Å². The van der Waals surface area contributed by atoms with Crippen molar-refractivity contribution in [2.45, 2.75) is 13.5 Å². The zero-order chi connectivity index (χ0) is 19.2. The van der Waals surface area contributed by atoms with Crippen LogP contribution in [0.3, 0.4) is 0 Å². The van der Waals surface area contributed by atoms with Crippen LogP contribution in [-0.4, -0.2) is 6.61 Å². The molecule has 0 aliphatic rings. The van der Waals surface area contributed by atoms with Crippen molar-refractivity contribution >= 4 is 5.69 Å².